The van der Waals surface area contributed by atoms with Crippen LogP contribution in [0.2, 0.25) is 0 Å². The van der Waals surface area contributed by atoms with E-state index in [1.807, 2.05) is 24.3 Å². The maximum Gasteiger partial charge on any atom is 0.224 e. The van der Waals surface area contributed by atoms with Crippen molar-refractivity contribution in [2.75, 3.05) is 18.5 Å². The Bertz CT molecular complexity index is 336. The van der Waals surface area contributed by atoms with Gasteiger partial charge in [-0.1, -0.05) is 6.92 Å². The van der Waals surface area contributed by atoms with Gasteiger partial charge in [0.2, 0.25) is 5.91 Å². The van der Waals surface area contributed by atoms with Gasteiger partial charge in [0.25, 0.3) is 0 Å². The Morgan fingerprint density at radius 1 is 1.35 bits per heavy atom. The van der Waals surface area contributed by atoms with E-state index in [0.717, 1.165) is 17.9 Å². The zero-order valence-electron chi connectivity index (χ0n) is 10.2. The molecule has 0 spiro atoms. The Balaban J connectivity index is 2.42. The molecule has 0 aliphatic carbocycles. The summed E-state index contributed by atoms with van der Waals surface area (Å²) in [5, 5.41) is 2.81. The van der Waals surface area contributed by atoms with Crippen LogP contribution >= 0.6 is 0 Å². The fourth-order valence-corrected chi connectivity index (χ4v) is 1.34. The predicted octanol–water partition coefficient (Wildman–Crippen LogP) is 2.15. The van der Waals surface area contributed by atoms with Crippen molar-refractivity contribution in [1.29, 1.82) is 0 Å². The van der Waals surface area contributed by atoms with Crippen LogP contribution in [0.15, 0.2) is 24.3 Å². The van der Waals surface area contributed by atoms with Crippen molar-refractivity contribution < 1.29 is 9.53 Å². The molecule has 1 amide bonds. The van der Waals surface area contributed by atoms with E-state index in [0.29, 0.717) is 26.0 Å². The number of carbonyl (C=O) groups is 1. The van der Waals surface area contributed by atoms with Gasteiger partial charge in [-0.05, 0) is 43.7 Å². The van der Waals surface area contributed by atoms with Crippen molar-refractivity contribution >= 4 is 11.6 Å². The second-order valence-corrected chi connectivity index (χ2v) is 3.81. The van der Waals surface area contributed by atoms with Gasteiger partial charge in [-0.25, -0.2) is 0 Å². The van der Waals surface area contributed by atoms with Gasteiger partial charge in [0.1, 0.15) is 5.75 Å². The summed E-state index contributed by atoms with van der Waals surface area (Å²) in [6.07, 6.45) is 2.16. The van der Waals surface area contributed by atoms with Gasteiger partial charge in [0.05, 0.1) is 6.61 Å². The number of nitrogens with one attached hydrogen (secondary N) is 1. The van der Waals surface area contributed by atoms with E-state index in [-0.39, 0.29) is 5.91 Å². The Hall–Kier alpha value is -1.55. The van der Waals surface area contributed by atoms with E-state index in [9.17, 15) is 4.79 Å². The standard InChI is InChI=1S/C13H20N2O2/c1-2-10-17-12-7-5-11(6-8-12)15-13(16)4-3-9-14/h5-8H,2-4,9-10,14H2,1H3,(H,15,16). The maximum atomic E-state index is 11.4. The van der Waals surface area contributed by atoms with Crippen LogP contribution in [-0.4, -0.2) is 19.1 Å². The first-order valence-electron chi connectivity index (χ1n) is 5.99. The summed E-state index contributed by atoms with van der Waals surface area (Å²) >= 11 is 0. The average molecular weight is 236 g/mol. The van der Waals surface area contributed by atoms with E-state index in [4.69, 9.17) is 10.5 Å². The number of hydrogen-bond acceptors (Lipinski definition) is 3. The smallest absolute Gasteiger partial charge is 0.224 e. The molecule has 3 N–H and O–H groups in total. The second-order valence-electron chi connectivity index (χ2n) is 3.81. The molecule has 0 aromatic heterocycles. The minimum atomic E-state index is -0.00215. The third-order valence-corrected chi connectivity index (χ3v) is 2.22. The minimum absolute atomic E-state index is 0.00215. The lowest BCUT2D eigenvalue weighted by Gasteiger charge is -2.07. The normalized spacial score (nSPS) is 10.0. The zero-order valence-corrected chi connectivity index (χ0v) is 10.2. The first-order valence-corrected chi connectivity index (χ1v) is 5.99. The number of anilines is 1. The Morgan fingerprint density at radius 3 is 2.65 bits per heavy atom. The van der Waals surface area contributed by atoms with Crippen LogP contribution in [0.25, 0.3) is 0 Å². The molecule has 0 unspecified atom stereocenters. The Labute approximate surface area is 102 Å². The van der Waals surface area contributed by atoms with Crippen LogP contribution < -0.4 is 15.8 Å². The predicted molar refractivity (Wildman–Crippen MR) is 69.1 cm³/mol. The molecular formula is C13H20N2O2. The molecule has 0 atom stereocenters. The van der Waals surface area contributed by atoms with Crippen LogP contribution in [0.5, 0.6) is 5.75 Å². The van der Waals surface area contributed by atoms with E-state index in [1.54, 1.807) is 0 Å². The molecule has 0 bridgehead atoms. The summed E-state index contributed by atoms with van der Waals surface area (Å²) < 4.78 is 5.45. The molecule has 17 heavy (non-hydrogen) atoms. The quantitative estimate of drug-likeness (QED) is 0.762. The van der Waals surface area contributed by atoms with Gasteiger partial charge >= 0.3 is 0 Å². The highest BCUT2D eigenvalue weighted by atomic mass is 16.5. The van der Waals surface area contributed by atoms with E-state index in [1.165, 1.54) is 0 Å². The van der Waals surface area contributed by atoms with Crippen molar-refractivity contribution in [1.82, 2.24) is 0 Å². The third kappa shape index (κ3) is 5.36. The van der Waals surface area contributed by atoms with Crippen molar-refractivity contribution in [2.45, 2.75) is 26.2 Å². The SMILES string of the molecule is CCCOc1ccc(NC(=O)CCCN)cc1. The molecule has 0 radical (unpaired) electrons. The molecule has 0 heterocycles. The molecule has 0 saturated heterocycles. The minimum Gasteiger partial charge on any atom is -0.494 e. The molecular weight excluding hydrogens is 216 g/mol. The molecule has 4 nitrogen and oxygen atoms in total. The number of amides is 1. The highest BCUT2D eigenvalue weighted by molar-refractivity contribution is 5.90. The molecule has 1 aromatic rings. The van der Waals surface area contributed by atoms with E-state index < -0.39 is 0 Å². The number of benzene rings is 1. The number of hydrogen-bond donors (Lipinski definition) is 2. The number of carbonyl (C=O) groups excluding carboxylic acids is 1. The van der Waals surface area contributed by atoms with Gasteiger partial charge in [-0.3, -0.25) is 4.79 Å². The number of rotatable bonds is 7. The Kier molecular flexibility index (Phi) is 6.10. The summed E-state index contributed by atoms with van der Waals surface area (Å²) in [7, 11) is 0. The van der Waals surface area contributed by atoms with Gasteiger partial charge < -0.3 is 15.8 Å². The van der Waals surface area contributed by atoms with E-state index in [2.05, 4.69) is 12.2 Å². The average Bonchev–Trinajstić information content (AvgIpc) is 2.35. The summed E-state index contributed by atoms with van der Waals surface area (Å²) in [5.74, 6) is 0.824. The topological polar surface area (TPSA) is 64.3 Å². The monoisotopic (exact) mass is 236 g/mol. The summed E-state index contributed by atoms with van der Waals surface area (Å²) in [6, 6.07) is 7.39. The van der Waals surface area contributed by atoms with Gasteiger partial charge in [0, 0.05) is 12.1 Å². The molecule has 0 fully saturated rings. The summed E-state index contributed by atoms with van der Waals surface area (Å²) in [5.41, 5.74) is 6.13. The highest BCUT2D eigenvalue weighted by Gasteiger charge is 2.01. The van der Waals surface area contributed by atoms with Crippen molar-refractivity contribution in [2.24, 2.45) is 5.73 Å². The molecule has 0 saturated carbocycles. The molecule has 4 heteroatoms. The molecule has 1 aromatic carbocycles. The fourth-order valence-electron chi connectivity index (χ4n) is 1.34. The highest BCUT2D eigenvalue weighted by Crippen LogP contribution is 2.16. The molecule has 94 valence electrons. The van der Waals surface area contributed by atoms with Crippen LogP contribution in [0.1, 0.15) is 26.2 Å². The molecule has 1 rings (SSSR count). The lowest BCUT2D eigenvalue weighted by molar-refractivity contribution is -0.116. The van der Waals surface area contributed by atoms with Gasteiger partial charge in [0.15, 0.2) is 0 Å². The van der Waals surface area contributed by atoms with Crippen LogP contribution in [0, 0.1) is 0 Å². The van der Waals surface area contributed by atoms with Gasteiger partial charge in [-0.2, -0.15) is 0 Å². The first kappa shape index (κ1) is 13.5. The van der Waals surface area contributed by atoms with Gasteiger partial charge in [-0.15, -0.1) is 0 Å². The second kappa shape index (κ2) is 7.68. The summed E-state index contributed by atoms with van der Waals surface area (Å²) in [4.78, 5) is 11.4. The van der Waals surface area contributed by atoms with Crippen LogP contribution in [-0.2, 0) is 4.79 Å². The fraction of sp³-hybridized carbons (Fsp3) is 0.462. The third-order valence-electron chi connectivity index (χ3n) is 2.22. The lowest BCUT2D eigenvalue weighted by Crippen LogP contribution is -2.13. The number of nitrogens with two attached hydrogens (primary N) is 1. The first-order chi connectivity index (χ1) is 8.26. The van der Waals surface area contributed by atoms with Crippen molar-refractivity contribution in [3.63, 3.8) is 0 Å². The molecule has 0 aliphatic heterocycles. The zero-order chi connectivity index (χ0) is 12.5. The maximum absolute atomic E-state index is 11.4. The summed E-state index contributed by atoms with van der Waals surface area (Å²) in [6.45, 7) is 3.31. The van der Waals surface area contributed by atoms with Crippen molar-refractivity contribution in [3.05, 3.63) is 24.3 Å². The van der Waals surface area contributed by atoms with Crippen LogP contribution in [0.4, 0.5) is 5.69 Å². The van der Waals surface area contributed by atoms with Crippen LogP contribution in [0.3, 0.4) is 0 Å². The number of ether oxygens (including phenoxy) is 1. The lowest BCUT2D eigenvalue weighted by atomic mass is 10.2. The van der Waals surface area contributed by atoms with E-state index >= 15 is 0 Å². The Morgan fingerprint density at radius 2 is 2.06 bits per heavy atom. The molecule has 0 aliphatic rings. The largest absolute Gasteiger partial charge is 0.494 e. The van der Waals surface area contributed by atoms with Crippen molar-refractivity contribution in [3.8, 4) is 5.75 Å².